The average molecular weight is 290 g/mol. The highest BCUT2D eigenvalue weighted by Gasteiger charge is 2.22. The van der Waals surface area contributed by atoms with Crippen LogP contribution in [-0.4, -0.2) is 16.5 Å². The third-order valence-corrected chi connectivity index (χ3v) is 4.55. The average Bonchev–Trinajstić information content (AvgIpc) is 2.41. The molecule has 0 amide bonds. The van der Waals surface area contributed by atoms with Gasteiger partial charge in [0.15, 0.2) is 0 Å². The molecule has 0 bridgehead atoms. The molecule has 4 nitrogen and oxygen atoms in total. The van der Waals surface area contributed by atoms with E-state index < -0.39 is 0 Å². The number of nitrogens with one attached hydrogen (secondary N) is 1. The first-order valence-electron chi connectivity index (χ1n) is 8.16. The summed E-state index contributed by atoms with van der Waals surface area (Å²) in [6.07, 6.45) is 5.34. The van der Waals surface area contributed by atoms with Gasteiger partial charge >= 0.3 is 0 Å². The van der Waals surface area contributed by atoms with Crippen LogP contribution in [0.15, 0.2) is 0 Å². The summed E-state index contributed by atoms with van der Waals surface area (Å²) < 4.78 is 0. The summed E-state index contributed by atoms with van der Waals surface area (Å²) in [6, 6.07) is 0. The first kappa shape index (κ1) is 16.1. The van der Waals surface area contributed by atoms with Crippen LogP contribution in [0.3, 0.4) is 0 Å². The summed E-state index contributed by atoms with van der Waals surface area (Å²) in [5.41, 5.74) is 6.93. The Bertz CT molecular complexity index is 482. The van der Waals surface area contributed by atoms with Crippen molar-refractivity contribution in [3.63, 3.8) is 0 Å². The van der Waals surface area contributed by atoms with Crippen LogP contribution in [-0.2, 0) is 5.41 Å². The lowest BCUT2D eigenvalue weighted by Gasteiger charge is -2.27. The number of nitrogens with two attached hydrogens (primary N) is 1. The maximum atomic E-state index is 6.05. The molecule has 1 saturated carbocycles. The van der Waals surface area contributed by atoms with Gasteiger partial charge in [-0.05, 0) is 31.6 Å². The number of rotatable bonds is 3. The molecular weight excluding hydrogens is 260 g/mol. The van der Waals surface area contributed by atoms with Gasteiger partial charge in [0, 0.05) is 17.5 Å². The fourth-order valence-electron chi connectivity index (χ4n) is 2.82. The highest BCUT2D eigenvalue weighted by atomic mass is 15.1. The molecule has 3 N–H and O–H groups in total. The molecule has 0 radical (unpaired) electrons. The van der Waals surface area contributed by atoms with E-state index in [1.165, 1.54) is 25.7 Å². The number of hydrogen-bond donors (Lipinski definition) is 2. The van der Waals surface area contributed by atoms with Crippen LogP contribution in [0.2, 0.25) is 0 Å². The van der Waals surface area contributed by atoms with Crippen LogP contribution in [0.4, 0.5) is 11.6 Å². The zero-order valence-electron chi connectivity index (χ0n) is 14.2. The summed E-state index contributed by atoms with van der Waals surface area (Å²) in [4.78, 5) is 9.14. The maximum Gasteiger partial charge on any atom is 0.138 e. The van der Waals surface area contributed by atoms with Gasteiger partial charge in [0.2, 0.25) is 0 Å². The standard InChI is InChI=1S/C17H30N4/c1-11-6-8-13(9-7-11)10-19-15-12(2)14(18)20-16(21-15)17(3,4)5/h11,13H,6-10H2,1-5H3,(H3,18,19,20,21). The molecule has 1 aliphatic rings. The van der Waals surface area contributed by atoms with E-state index in [1.54, 1.807) is 0 Å². The van der Waals surface area contributed by atoms with Crippen molar-refractivity contribution in [1.82, 2.24) is 9.97 Å². The fraction of sp³-hybridized carbons (Fsp3) is 0.765. The smallest absolute Gasteiger partial charge is 0.138 e. The molecule has 1 aliphatic carbocycles. The summed E-state index contributed by atoms with van der Waals surface area (Å²) in [5, 5.41) is 3.52. The topological polar surface area (TPSA) is 63.8 Å². The third kappa shape index (κ3) is 4.08. The van der Waals surface area contributed by atoms with Gasteiger partial charge in [-0.1, -0.05) is 40.5 Å². The van der Waals surface area contributed by atoms with Gasteiger partial charge < -0.3 is 11.1 Å². The van der Waals surface area contributed by atoms with E-state index in [2.05, 4.69) is 38.0 Å². The van der Waals surface area contributed by atoms with Crippen LogP contribution < -0.4 is 11.1 Å². The molecule has 4 heteroatoms. The fourth-order valence-corrected chi connectivity index (χ4v) is 2.82. The van der Waals surface area contributed by atoms with Gasteiger partial charge in [0.1, 0.15) is 17.5 Å². The number of nitrogen functional groups attached to an aromatic ring is 1. The molecule has 0 saturated heterocycles. The normalized spacial score (nSPS) is 23.1. The zero-order valence-corrected chi connectivity index (χ0v) is 14.2. The van der Waals surface area contributed by atoms with Crippen molar-refractivity contribution in [2.24, 2.45) is 11.8 Å². The second-order valence-corrected chi connectivity index (χ2v) is 7.66. The largest absolute Gasteiger partial charge is 0.383 e. The van der Waals surface area contributed by atoms with Crippen molar-refractivity contribution in [2.75, 3.05) is 17.6 Å². The Morgan fingerprint density at radius 1 is 1.14 bits per heavy atom. The molecule has 1 aromatic rings. The predicted octanol–water partition coefficient (Wildman–Crippen LogP) is 3.90. The molecular formula is C17H30N4. The van der Waals surface area contributed by atoms with Crippen molar-refractivity contribution in [3.8, 4) is 0 Å². The van der Waals surface area contributed by atoms with E-state index in [1.807, 2.05) is 6.92 Å². The molecule has 0 unspecified atom stereocenters. The Kier molecular flexibility index (Phi) is 4.74. The third-order valence-electron chi connectivity index (χ3n) is 4.55. The Balaban J connectivity index is 2.07. The van der Waals surface area contributed by atoms with E-state index in [-0.39, 0.29) is 5.41 Å². The zero-order chi connectivity index (χ0) is 15.6. The summed E-state index contributed by atoms with van der Waals surface area (Å²) in [6.45, 7) is 11.7. The van der Waals surface area contributed by atoms with Crippen LogP contribution in [0.1, 0.15) is 64.8 Å². The summed E-state index contributed by atoms with van der Waals surface area (Å²) >= 11 is 0. The van der Waals surface area contributed by atoms with Gasteiger partial charge in [-0.2, -0.15) is 0 Å². The van der Waals surface area contributed by atoms with Gasteiger partial charge in [0.25, 0.3) is 0 Å². The van der Waals surface area contributed by atoms with Crippen molar-refractivity contribution < 1.29 is 0 Å². The Morgan fingerprint density at radius 3 is 2.33 bits per heavy atom. The molecule has 1 aromatic heterocycles. The second kappa shape index (κ2) is 6.20. The number of aromatic nitrogens is 2. The lowest BCUT2D eigenvalue weighted by atomic mass is 9.83. The van der Waals surface area contributed by atoms with E-state index in [9.17, 15) is 0 Å². The van der Waals surface area contributed by atoms with E-state index in [4.69, 9.17) is 10.7 Å². The number of hydrogen-bond acceptors (Lipinski definition) is 4. The highest BCUT2D eigenvalue weighted by molar-refractivity contribution is 5.55. The van der Waals surface area contributed by atoms with Gasteiger partial charge in [-0.25, -0.2) is 9.97 Å². The molecule has 21 heavy (non-hydrogen) atoms. The SMILES string of the molecule is Cc1c(N)nc(C(C)(C)C)nc1NCC1CCC(C)CC1. The molecule has 1 fully saturated rings. The lowest BCUT2D eigenvalue weighted by Crippen LogP contribution is -2.23. The minimum Gasteiger partial charge on any atom is -0.383 e. The summed E-state index contributed by atoms with van der Waals surface area (Å²) in [7, 11) is 0. The first-order valence-corrected chi connectivity index (χ1v) is 8.16. The number of nitrogens with zero attached hydrogens (tertiary/aromatic N) is 2. The van der Waals surface area contributed by atoms with Gasteiger partial charge in [0.05, 0.1) is 0 Å². The molecule has 0 aliphatic heterocycles. The molecule has 1 heterocycles. The van der Waals surface area contributed by atoms with Gasteiger partial charge in [-0.3, -0.25) is 0 Å². The Morgan fingerprint density at radius 2 is 1.76 bits per heavy atom. The summed E-state index contributed by atoms with van der Waals surface area (Å²) in [5.74, 6) is 3.96. The van der Waals surface area contributed by atoms with Crippen LogP contribution in [0.5, 0.6) is 0 Å². The van der Waals surface area contributed by atoms with E-state index >= 15 is 0 Å². The molecule has 2 rings (SSSR count). The maximum absolute atomic E-state index is 6.05. The van der Waals surface area contributed by atoms with Crippen LogP contribution in [0.25, 0.3) is 0 Å². The van der Waals surface area contributed by atoms with Crippen LogP contribution >= 0.6 is 0 Å². The van der Waals surface area contributed by atoms with Crippen molar-refractivity contribution in [1.29, 1.82) is 0 Å². The van der Waals surface area contributed by atoms with E-state index in [0.29, 0.717) is 5.82 Å². The second-order valence-electron chi connectivity index (χ2n) is 7.66. The van der Waals surface area contributed by atoms with Crippen molar-refractivity contribution in [2.45, 2.75) is 65.7 Å². The minimum atomic E-state index is -0.0848. The molecule has 0 atom stereocenters. The lowest BCUT2D eigenvalue weighted by molar-refractivity contribution is 0.300. The quantitative estimate of drug-likeness (QED) is 0.886. The first-order chi connectivity index (χ1) is 9.77. The van der Waals surface area contributed by atoms with Gasteiger partial charge in [-0.15, -0.1) is 0 Å². The molecule has 0 aromatic carbocycles. The van der Waals surface area contributed by atoms with Crippen molar-refractivity contribution in [3.05, 3.63) is 11.4 Å². The minimum absolute atomic E-state index is 0.0848. The Labute approximate surface area is 128 Å². The highest BCUT2D eigenvalue weighted by Crippen LogP contribution is 2.29. The van der Waals surface area contributed by atoms with Crippen LogP contribution in [0, 0.1) is 18.8 Å². The van der Waals surface area contributed by atoms with Crippen molar-refractivity contribution >= 4 is 11.6 Å². The number of anilines is 2. The van der Waals surface area contributed by atoms with E-state index in [0.717, 1.165) is 35.6 Å². The Hall–Kier alpha value is -1.32. The predicted molar refractivity (Wildman–Crippen MR) is 89.5 cm³/mol. The molecule has 0 spiro atoms. The monoisotopic (exact) mass is 290 g/mol. The molecule has 118 valence electrons.